The average molecular weight is 348 g/mol. The van der Waals surface area contributed by atoms with E-state index in [4.69, 9.17) is 4.74 Å². The topological polar surface area (TPSA) is 53.0 Å². The summed E-state index contributed by atoms with van der Waals surface area (Å²) in [5.41, 5.74) is 0.678. The number of aliphatic hydroxyl groups excluding tert-OH is 1. The van der Waals surface area contributed by atoms with Crippen molar-refractivity contribution in [1.29, 1.82) is 0 Å². The first-order valence-corrected chi connectivity index (χ1v) is 9.09. The van der Waals surface area contributed by atoms with Crippen molar-refractivity contribution in [1.82, 2.24) is 9.80 Å². The summed E-state index contributed by atoms with van der Waals surface area (Å²) in [7, 11) is 0. The quantitative estimate of drug-likeness (QED) is 0.912. The monoisotopic (exact) mass is 348 g/mol. The Hall–Kier alpha value is -1.59. The third kappa shape index (κ3) is 6.01. The first-order valence-electron chi connectivity index (χ1n) is 9.09. The van der Waals surface area contributed by atoms with E-state index in [2.05, 4.69) is 30.9 Å². The van der Waals surface area contributed by atoms with Crippen molar-refractivity contribution in [3.63, 3.8) is 0 Å². The van der Waals surface area contributed by atoms with Crippen LogP contribution in [0.2, 0.25) is 0 Å². The highest BCUT2D eigenvalue weighted by atomic mass is 16.6. The summed E-state index contributed by atoms with van der Waals surface area (Å²) in [6.07, 6.45) is -0.932. The summed E-state index contributed by atoms with van der Waals surface area (Å²) in [4.78, 5) is 16.5. The molecule has 2 rings (SSSR count). The number of nitrogens with zero attached hydrogens (tertiary/aromatic N) is 2. The number of ether oxygens (including phenoxy) is 1. The van der Waals surface area contributed by atoms with E-state index in [9.17, 15) is 9.90 Å². The molecule has 1 aliphatic heterocycles. The van der Waals surface area contributed by atoms with Crippen LogP contribution in [0.4, 0.5) is 4.79 Å². The predicted molar refractivity (Wildman–Crippen MR) is 99.3 cm³/mol. The highest BCUT2D eigenvalue weighted by molar-refractivity contribution is 5.68. The molecular weight excluding hydrogens is 316 g/mol. The fourth-order valence-corrected chi connectivity index (χ4v) is 3.24. The first kappa shape index (κ1) is 19.7. The van der Waals surface area contributed by atoms with Crippen molar-refractivity contribution in [2.75, 3.05) is 19.6 Å². The zero-order valence-electron chi connectivity index (χ0n) is 16.1. The number of amides is 1. The van der Waals surface area contributed by atoms with Gasteiger partial charge in [0.15, 0.2) is 0 Å². The van der Waals surface area contributed by atoms with Crippen LogP contribution in [-0.4, -0.2) is 58.4 Å². The molecule has 1 amide bonds. The Bertz CT molecular complexity index is 554. The van der Waals surface area contributed by atoms with Gasteiger partial charge in [-0.25, -0.2) is 4.79 Å². The van der Waals surface area contributed by atoms with Crippen molar-refractivity contribution in [2.24, 2.45) is 5.92 Å². The van der Waals surface area contributed by atoms with Gasteiger partial charge in [0.05, 0.1) is 12.6 Å². The summed E-state index contributed by atoms with van der Waals surface area (Å²) in [5, 5.41) is 10.5. The lowest BCUT2D eigenvalue weighted by molar-refractivity contribution is 0.0167. The molecule has 2 atom stereocenters. The number of hydrogen-bond acceptors (Lipinski definition) is 4. The molecule has 25 heavy (non-hydrogen) atoms. The minimum atomic E-state index is -0.583. The lowest BCUT2D eigenvalue weighted by Gasteiger charge is -2.35. The minimum Gasteiger partial charge on any atom is -0.444 e. The van der Waals surface area contributed by atoms with Gasteiger partial charge in [0.1, 0.15) is 5.60 Å². The van der Waals surface area contributed by atoms with E-state index in [1.807, 2.05) is 39.0 Å². The molecule has 1 aromatic rings. The molecule has 140 valence electrons. The van der Waals surface area contributed by atoms with Crippen molar-refractivity contribution in [3.8, 4) is 0 Å². The molecule has 1 N–H and O–H groups in total. The number of rotatable bonds is 3. The Kier molecular flexibility index (Phi) is 6.47. The highest BCUT2D eigenvalue weighted by Gasteiger charge is 2.34. The van der Waals surface area contributed by atoms with Crippen LogP contribution >= 0.6 is 0 Å². The van der Waals surface area contributed by atoms with E-state index in [1.54, 1.807) is 4.90 Å². The maximum atomic E-state index is 12.5. The second kappa shape index (κ2) is 8.19. The van der Waals surface area contributed by atoms with Gasteiger partial charge in [-0.15, -0.1) is 0 Å². The Morgan fingerprint density at radius 2 is 1.84 bits per heavy atom. The van der Waals surface area contributed by atoms with Gasteiger partial charge in [-0.05, 0) is 32.3 Å². The molecule has 1 aromatic carbocycles. The van der Waals surface area contributed by atoms with Gasteiger partial charge in [-0.3, -0.25) is 4.90 Å². The van der Waals surface area contributed by atoms with Crippen LogP contribution < -0.4 is 0 Å². The molecule has 1 aliphatic rings. The molecule has 0 bridgehead atoms. The fraction of sp³-hybridized carbons (Fsp3) is 0.650. The molecule has 0 radical (unpaired) electrons. The summed E-state index contributed by atoms with van der Waals surface area (Å²) >= 11 is 0. The van der Waals surface area contributed by atoms with Crippen molar-refractivity contribution in [2.45, 2.75) is 58.9 Å². The Morgan fingerprint density at radius 3 is 2.40 bits per heavy atom. The van der Waals surface area contributed by atoms with Crippen molar-refractivity contribution >= 4 is 6.09 Å². The maximum absolute atomic E-state index is 12.5. The average Bonchev–Trinajstić information content (AvgIpc) is 2.65. The number of carbonyl (C=O) groups excluding carboxylic acids is 1. The van der Waals surface area contributed by atoms with Crippen LogP contribution in [0.3, 0.4) is 0 Å². The summed E-state index contributed by atoms with van der Waals surface area (Å²) in [6.45, 7) is 12.1. The van der Waals surface area contributed by atoms with Gasteiger partial charge < -0.3 is 14.7 Å². The fourth-order valence-electron chi connectivity index (χ4n) is 3.24. The molecule has 1 saturated heterocycles. The van der Waals surface area contributed by atoms with Gasteiger partial charge >= 0.3 is 6.09 Å². The maximum Gasteiger partial charge on any atom is 0.410 e. The first-order chi connectivity index (χ1) is 11.7. The van der Waals surface area contributed by atoms with Crippen molar-refractivity contribution in [3.05, 3.63) is 35.9 Å². The van der Waals surface area contributed by atoms with Gasteiger partial charge in [0, 0.05) is 25.7 Å². The van der Waals surface area contributed by atoms with E-state index < -0.39 is 11.7 Å². The predicted octanol–water partition coefficient (Wildman–Crippen LogP) is 3.12. The SMILES string of the molecule is CC(C)C1CN(C(=O)OC(C)(C)C)CC(O)CN1Cc1ccccc1. The summed E-state index contributed by atoms with van der Waals surface area (Å²) in [6, 6.07) is 10.4. The van der Waals surface area contributed by atoms with E-state index in [0.717, 1.165) is 6.54 Å². The molecule has 0 aliphatic carbocycles. The van der Waals surface area contributed by atoms with E-state index >= 15 is 0 Å². The normalized spacial score (nSPS) is 22.8. The largest absolute Gasteiger partial charge is 0.444 e. The lowest BCUT2D eigenvalue weighted by atomic mass is 10.0. The van der Waals surface area contributed by atoms with Gasteiger partial charge in [0.2, 0.25) is 0 Å². The standard InChI is InChI=1S/C20H32N2O3/c1-15(2)18-14-22(19(24)25-20(3,4)5)13-17(23)12-21(18)11-16-9-7-6-8-10-16/h6-10,15,17-18,23H,11-14H2,1-5H3. The zero-order chi connectivity index (χ0) is 18.6. The lowest BCUT2D eigenvalue weighted by Crippen LogP contribution is -2.46. The molecule has 2 unspecified atom stereocenters. The van der Waals surface area contributed by atoms with E-state index in [0.29, 0.717) is 25.6 Å². The summed E-state index contributed by atoms with van der Waals surface area (Å²) < 4.78 is 5.52. The molecule has 1 heterocycles. The number of aliphatic hydroxyl groups is 1. The number of benzene rings is 1. The smallest absolute Gasteiger partial charge is 0.410 e. The highest BCUT2D eigenvalue weighted by Crippen LogP contribution is 2.21. The second-order valence-electron chi connectivity index (χ2n) is 8.27. The molecule has 5 nitrogen and oxygen atoms in total. The van der Waals surface area contributed by atoms with Crippen LogP contribution in [0.25, 0.3) is 0 Å². The van der Waals surface area contributed by atoms with Gasteiger partial charge in [-0.1, -0.05) is 44.2 Å². The molecular formula is C20H32N2O3. The van der Waals surface area contributed by atoms with Gasteiger partial charge in [-0.2, -0.15) is 0 Å². The Balaban J connectivity index is 2.16. The zero-order valence-corrected chi connectivity index (χ0v) is 16.1. The van der Waals surface area contributed by atoms with Crippen LogP contribution in [0.5, 0.6) is 0 Å². The van der Waals surface area contributed by atoms with Crippen LogP contribution in [0.15, 0.2) is 30.3 Å². The van der Waals surface area contributed by atoms with E-state index in [1.165, 1.54) is 5.56 Å². The minimum absolute atomic E-state index is 0.171. The van der Waals surface area contributed by atoms with Crippen LogP contribution in [-0.2, 0) is 11.3 Å². The Morgan fingerprint density at radius 1 is 1.20 bits per heavy atom. The Labute approximate surface area is 151 Å². The van der Waals surface area contributed by atoms with Gasteiger partial charge in [0.25, 0.3) is 0 Å². The third-order valence-electron chi connectivity index (χ3n) is 4.40. The molecule has 0 saturated carbocycles. The second-order valence-corrected chi connectivity index (χ2v) is 8.27. The summed E-state index contributed by atoms with van der Waals surface area (Å²) in [5.74, 6) is 0.360. The molecule has 0 spiro atoms. The molecule has 0 aromatic heterocycles. The number of hydrogen-bond donors (Lipinski definition) is 1. The number of carbonyl (C=O) groups is 1. The van der Waals surface area contributed by atoms with E-state index in [-0.39, 0.29) is 12.1 Å². The molecule has 1 fully saturated rings. The number of β-amino-alcohol motifs (C(OH)–C–C–N with tert-alkyl or cyclic N) is 1. The molecule has 5 heteroatoms. The van der Waals surface area contributed by atoms with Crippen molar-refractivity contribution < 1.29 is 14.6 Å². The van der Waals surface area contributed by atoms with Crippen LogP contribution in [0.1, 0.15) is 40.2 Å². The van der Waals surface area contributed by atoms with Crippen LogP contribution in [0, 0.1) is 5.92 Å². The third-order valence-corrected chi connectivity index (χ3v) is 4.40.